The molecule has 142 valence electrons. The lowest BCUT2D eigenvalue weighted by Crippen LogP contribution is -2.14. The molecule has 1 aromatic carbocycles. The third kappa shape index (κ3) is 5.00. The predicted molar refractivity (Wildman–Crippen MR) is 108 cm³/mol. The van der Waals surface area contributed by atoms with Crippen molar-refractivity contribution < 1.29 is 9.53 Å². The number of thioether (sulfide) groups is 1. The molecule has 1 amide bonds. The van der Waals surface area contributed by atoms with Gasteiger partial charge in [0.15, 0.2) is 16.1 Å². The molecule has 2 heterocycles. The maximum Gasteiger partial charge on any atom is 0.236 e. The molecule has 0 saturated heterocycles. The average molecular weight is 424 g/mol. The summed E-state index contributed by atoms with van der Waals surface area (Å²) in [4.78, 5) is 16.0. The van der Waals surface area contributed by atoms with Gasteiger partial charge in [-0.3, -0.25) is 4.79 Å². The van der Waals surface area contributed by atoms with Gasteiger partial charge >= 0.3 is 0 Å². The maximum atomic E-state index is 11.9. The number of carbonyl (C=O) groups excluding carboxylic acids is 1. The van der Waals surface area contributed by atoms with Crippen molar-refractivity contribution in [1.29, 1.82) is 0 Å². The number of nitrogens with one attached hydrogen (secondary N) is 1. The minimum atomic E-state index is -0.136. The number of hydrogen-bond donors (Lipinski definition) is 1. The molecule has 0 spiro atoms. The molecule has 2 aromatic heterocycles. The van der Waals surface area contributed by atoms with Crippen molar-refractivity contribution in [2.24, 2.45) is 7.05 Å². The molecule has 1 N–H and O–H groups in total. The maximum absolute atomic E-state index is 11.9. The topological polar surface area (TPSA) is 81.9 Å². The van der Waals surface area contributed by atoms with E-state index < -0.39 is 0 Å². The van der Waals surface area contributed by atoms with Crippen molar-refractivity contribution >= 4 is 45.7 Å². The standard InChI is InChI=1S/C17H18ClN5O2S2/c1-10-6-12(7-11(2)15(10)18)25-8-13-21-22-17(23(13)3)27-9-14(24)20-16-19-4-5-26-16/h4-7H,8-9H2,1-3H3,(H,19,20,24). The largest absolute Gasteiger partial charge is 0.486 e. The Bertz CT molecular complexity index is 920. The van der Waals surface area contributed by atoms with Crippen LogP contribution in [0.3, 0.4) is 0 Å². The van der Waals surface area contributed by atoms with E-state index in [2.05, 4.69) is 20.5 Å². The number of carbonyl (C=O) groups is 1. The molecule has 0 aliphatic rings. The van der Waals surface area contributed by atoms with Crippen LogP contribution in [0.25, 0.3) is 0 Å². The van der Waals surface area contributed by atoms with Gasteiger partial charge in [0, 0.05) is 23.6 Å². The summed E-state index contributed by atoms with van der Waals surface area (Å²) >= 11 is 8.86. The molecule has 3 aromatic rings. The van der Waals surface area contributed by atoms with Gasteiger partial charge in [-0.25, -0.2) is 4.98 Å². The third-order valence-corrected chi connectivity index (χ3v) is 6.02. The Balaban J connectivity index is 1.56. The quantitative estimate of drug-likeness (QED) is 0.581. The first kappa shape index (κ1) is 19.7. The van der Waals surface area contributed by atoms with Crippen LogP contribution in [0.4, 0.5) is 5.13 Å². The molecular weight excluding hydrogens is 406 g/mol. The van der Waals surface area contributed by atoms with E-state index in [4.69, 9.17) is 16.3 Å². The van der Waals surface area contributed by atoms with Gasteiger partial charge in [0.2, 0.25) is 5.91 Å². The van der Waals surface area contributed by atoms with Gasteiger partial charge in [0.05, 0.1) is 5.75 Å². The van der Waals surface area contributed by atoms with E-state index in [1.807, 2.05) is 37.6 Å². The number of nitrogens with zero attached hydrogens (tertiary/aromatic N) is 4. The fourth-order valence-corrected chi connectivity index (χ4v) is 3.69. The van der Waals surface area contributed by atoms with E-state index in [0.29, 0.717) is 16.1 Å². The third-order valence-electron chi connectivity index (χ3n) is 3.71. The predicted octanol–water partition coefficient (Wildman–Crippen LogP) is 3.85. The summed E-state index contributed by atoms with van der Waals surface area (Å²) in [7, 11) is 1.85. The van der Waals surface area contributed by atoms with Crippen LogP contribution in [-0.4, -0.2) is 31.4 Å². The molecule has 3 rings (SSSR count). The van der Waals surface area contributed by atoms with Crippen LogP contribution in [0.5, 0.6) is 5.75 Å². The number of amides is 1. The Morgan fingerprint density at radius 2 is 2.07 bits per heavy atom. The Hall–Kier alpha value is -2.10. The molecule has 0 bridgehead atoms. The van der Waals surface area contributed by atoms with Gasteiger partial charge in [-0.05, 0) is 37.1 Å². The Morgan fingerprint density at radius 1 is 1.33 bits per heavy atom. The van der Waals surface area contributed by atoms with Crippen molar-refractivity contribution in [3.63, 3.8) is 0 Å². The Morgan fingerprint density at radius 3 is 2.74 bits per heavy atom. The normalized spacial score (nSPS) is 10.8. The van der Waals surface area contributed by atoms with Crippen molar-refractivity contribution in [2.45, 2.75) is 25.6 Å². The smallest absolute Gasteiger partial charge is 0.236 e. The molecule has 0 atom stereocenters. The van der Waals surface area contributed by atoms with E-state index >= 15 is 0 Å². The van der Waals surface area contributed by atoms with Gasteiger partial charge in [0.1, 0.15) is 12.4 Å². The van der Waals surface area contributed by atoms with Crippen LogP contribution in [0.15, 0.2) is 28.9 Å². The summed E-state index contributed by atoms with van der Waals surface area (Å²) in [5.41, 5.74) is 1.93. The SMILES string of the molecule is Cc1cc(OCc2nnc(SCC(=O)Nc3nccs3)n2C)cc(C)c1Cl. The second kappa shape index (κ2) is 8.73. The molecule has 0 aliphatic carbocycles. The second-order valence-electron chi connectivity index (χ2n) is 5.79. The number of halogens is 1. The van der Waals surface area contributed by atoms with Crippen molar-refractivity contribution in [2.75, 3.05) is 11.1 Å². The van der Waals surface area contributed by atoms with E-state index in [1.165, 1.54) is 23.1 Å². The summed E-state index contributed by atoms with van der Waals surface area (Å²) in [6.07, 6.45) is 1.64. The Labute approximate surface area is 170 Å². The highest BCUT2D eigenvalue weighted by Gasteiger charge is 2.13. The summed E-state index contributed by atoms with van der Waals surface area (Å²) in [5, 5.41) is 14.8. The highest BCUT2D eigenvalue weighted by Crippen LogP contribution is 2.26. The van der Waals surface area contributed by atoms with E-state index in [0.717, 1.165) is 21.9 Å². The zero-order valence-electron chi connectivity index (χ0n) is 15.0. The Kier molecular flexibility index (Phi) is 6.35. The average Bonchev–Trinajstić information content (AvgIpc) is 3.26. The first-order valence-corrected chi connectivity index (χ1v) is 10.3. The number of rotatable bonds is 7. The van der Waals surface area contributed by atoms with E-state index in [-0.39, 0.29) is 18.3 Å². The lowest BCUT2D eigenvalue weighted by atomic mass is 10.1. The highest BCUT2D eigenvalue weighted by molar-refractivity contribution is 7.99. The van der Waals surface area contributed by atoms with Gasteiger partial charge in [-0.15, -0.1) is 21.5 Å². The number of ether oxygens (including phenoxy) is 1. The first-order chi connectivity index (χ1) is 12.9. The van der Waals surface area contributed by atoms with Crippen molar-refractivity contribution in [3.8, 4) is 5.75 Å². The number of hydrogen-bond acceptors (Lipinski definition) is 7. The minimum absolute atomic E-state index is 0.136. The number of thiazole rings is 1. The lowest BCUT2D eigenvalue weighted by Gasteiger charge is -2.10. The molecular formula is C17H18ClN5O2S2. The summed E-state index contributed by atoms with van der Waals surface area (Å²) in [5.74, 6) is 1.49. The molecule has 0 fully saturated rings. The van der Waals surface area contributed by atoms with Gasteiger partial charge in [-0.1, -0.05) is 23.4 Å². The van der Waals surface area contributed by atoms with Crippen LogP contribution in [0.1, 0.15) is 17.0 Å². The number of benzene rings is 1. The monoisotopic (exact) mass is 423 g/mol. The lowest BCUT2D eigenvalue weighted by molar-refractivity contribution is -0.113. The zero-order valence-corrected chi connectivity index (χ0v) is 17.4. The van der Waals surface area contributed by atoms with Gasteiger partial charge < -0.3 is 14.6 Å². The van der Waals surface area contributed by atoms with Crippen LogP contribution in [0, 0.1) is 13.8 Å². The first-order valence-electron chi connectivity index (χ1n) is 8.04. The molecule has 0 saturated carbocycles. The van der Waals surface area contributed by atoms with Crippen LogP contribution >= 0.6 is 34.7 Å². The fourth-order valence-electron chi connectivity index (χ4n) is 2.30. The summed E-state index contributed by atoms with van der Waals surface area (Å²) in [6.45, 7) is 4.15. The number of anilines is 1. The van der Waals surface area contributed by atoms with Crippen molar-refractivity contribution in [1.82, 2.24) is 19.7 Å². The van der Waals surface area contributed by atoms with Crippen molar-refractivity contribution in [3.05, 3.63) is 45.7 Å². The molecule has 0 aliphatic heterocycles. The van der Waals surface area contributed by atoms with Crippen LogP contribution in [-0.2, 0) is 18.4 Å². The van der Waals surface area contributed by atoms with E-state index in [1.54, 1.807) is 11.6 Å². The number of aromatic nitrogens is 4. The molecule has 10 heteroatoms. The molecule has 27 heavy (non-hydrogen) atoms. The summed E-state index contributed by atoms with van der Waals surface area (Å²) < 4.78 is 7.64. The highest BCUT2D eigenvalue weighted by atomic mass is 35.5. The second-order valence-corrected chi connectivity index (χ2v) is 8.01. The van der Waals surface area contributed by atoms with Gasteiger partial charge in [-0.2, -0.15) is 0 Å². The fraction of sp³-hybridized carbons (Fsp3) is 0.294. The number of aryl methyl sites for hydroxylation is 2. The molecule has 0 unspecified atom stereocenters. The molecule has 0 radical (unpaired) electrons. The molecule has 7 nitrogen and oxygen atoms in total. The van der Waals surface area contributed by atoms with E-state index in [9.17, 15) is 4.79 Å². The van der Waals surface area contributed by atoms with Crippen LogP contribution in [0.2, 0.25) is 5.02 Å². The zero-order chi connectivity index (χ0) is 19.4. The van der Waals surface area contributed by atoms with Crippen LogP contribution < -0.4 is 10.1 Å². The summed E-state index contributed by atoms with van der Waals surface area (Å²) in [6, 6.07) is 3.79. The minimum Gasteiger partial charge on any atom is -0.486 e. The van der Waals surface area contributed by atoms with Gasteiger partial charge in [0.25, 0.3) is 0 Å².